The number of fused-ring (bicyclic) bond motifs is 2. The Balaban J connectivity index is 0.00000300. The van der Waals surface area contributed by atoms with Gasteiger partial charge in [-0.3, -0.25) is 29.0 Å². The van der Waals surface area contributed by atoms with Crippen molar-refractivity contribution in [2.24, 2.45) is 0 Å². The average molecular weight is 985 g/mol. The van der Waals surface area contributed by atoms with E-state index >= 15 is 0 Å². The molecule has 2 aliphatic heterocycles. The van der Waals surface area contributed by atoms with Gasteiger partial charge in [0.1, 0.15) is 0 Å². The Morgan fingerprint density at radius 3 is 0.964 bits per heavy atom. The molecule has 10 heteroatoms. The molecule has 0 bridgehead atoms. The summed E-state index contributed by atoms with van der Waals surface area (Å²) < 4.78 is 1.75. The largest absolute Gasteiger partial charge is 1.00 e. The quantitative estimate of drug-likeness (QED) is 0.0339. The van der Waals surface area contributed by atoms with Crippen molar-refractivity contribution < 1.29 is 76.1 Å². The summed E-state index contributed by atoms with van der Waals surface area (Å²) in [5.74, 6) is -0.961. The normalized spacial score (nSPS) is 14.5. The van der Waals surface area contributed by atoms with Gasteiger partial charge in [0.25, 0.3) is 23.6 Å². The second kappa shape index (κ2) is 17.9. The van der Waals surface area contributed by atoms with Crippen LogP contribution in [0.3, 0.4) is 0 Å². The summed E-state index contributed by atoms with van der Waals surface area (Å²) >= 11 is 0. The fourth-order valence-electron chi connectivity index (χ4n) is 9.24. The molecular weight excluding hydrogens is 926 g/mol. The highest BCUT2D eigenvalue weighted by atomic mass is 127. The van der Waals surface area contributed by atoms with Crippen LogP contribution in [0.15, 0.2) is 48.5 Å². The molecule has 2 heterocycles. The van der Waals surface area contributed by atoms with Gasteiger partial charge in [-0.25, -0.2) is 0 Å². The van der Waals surface area contributed by atoms with Crippen molar-refractivity contribution in [3.63, 3.8) is 0 Å². The third kappa shape index (κ3) is 8.18. The lowest BCUT2D eigenvalue weighted by Crippen LogP contribution is -3.00. The molecule has 0 aliphatic carbocycles. The molecule has 4 amide bonds. The minimum atomic E-state index is -0.240. The van der Waals surface area contributed by atoms with E-state index in [-0.39, 0.29) is 71.6 Å². The van der Waals surface area contributed by atoms with Crippen molar-refractivity contribution in [1.29, 1.82) is 0 Å². The number of quaternary nitrogens is 2. The number of hydrogen-bond acceptors (Lipinski definition) is 4. The van der Waals surface area contributed by atoms with Crippen molar-refractivity contribution in [3.05, 3.63) is 70.8 Å². The molecule has 5 aromatic rings. The summed E-state index contributed by atoms with van der Waals surface area (Å²) in [6, 6.07) is 15.4. The van der Waals surface area contributed by atoms with E-state index in [0.29, 0.717) is 46.1 Å². The van der Waals surface area contributed by atoms with Crippen LogP contribution in [0, 0.1) is 0 Å². The molecule has 0 spiro atoms. The lowest BCUT2D eigenvalue weighted by Gasteiger charge is -2.33. The molecule has 56 heavy (non-hydrogen) atoms. The molecule has 0 saturated carbocycles. The van der Waals surface area contributed by atoms with Crippen LogP contribution in [-0.4, -0.2) is 110 Å². The second-order valence-electron chi connectivity index (χ2n) is 17.3. The molecule has 5 aromatic carbocycles. The Kier molecular flexibility index (Phi) is 14.1. The highest BCUT2D eigenvalue weighted by Crippen LogP contribution is 2.46. The Morgan fingerprint density at radius 2 is 0.679 bits per heavy atom. The van der Waals surface area contributed by atoms with Gasteiger partial charge in [-0.1, -0.05) is 63.8 Å². The van der Waals surface area contributed by atoms with E-state index in [2.05, 4.69) is 42.0 Å². The molecule has 0 atom stereocenters. The molecule has 0 aromatic heterocycles. The maximum Gasteiger partial charge on any atom is 0.261 e. The number of amides is 4. The van der Waals surface area contributed by atoms with Gasteiger partial charge in [0, 0.05) is 59.0 Å². The van der Waals surface area contributed by atoms with Gasteiger partial charge in [-0.15, -0.1) is 0 Å². The van der Waals surface area contributed by atoms with Crippen molar-refractivity contribution in [3.8, 4) is 0 Å². The van der Waals surface area contributed by atoms with Crippen LogP contribution in [0.1, 0.15) is 119 Å². The van der Waals surface area contributed by atoms with Gasteiger partial charge in [0.2, 0.25) is 0 Å². The topological polar surface area (TPSA) is 74.8 Å². The van der Waals surface area contributed by atoms with Crippen LogP contribution in [0.25, 0.3) is 43.1 Å². The molecule has 0 N–H and O–H groups in total. The Bertz CT molecular complexity index is 2000. The van der Waals surface area contributed by atoms with Gasteiger partial charge in [-0.05, 0) is 82.3 Å². The zero-order chi connectivity index (χ0) is 38.4. The highest BCUT2D eigenvalue weighted by molar-refractivity contribution is 6.41. The van der Waals surface area contributed by atoms with Crippen molar-refractivity contribution in [1.82, 2.24) is 9.80 Å². The number of carbonyl (C=O) groups is 4. The van der Waals surface area contributed by atoms with E-state index in [1.54, 1.807) is 0 Å². The first-order valence-corrected chi connectivity index (χ1v) is 20.5. The van der Waals surface area contributed by atoms with Crippen LogP contribution >= 0.6 is 0 Å². The first-order chi connectivity index (χ1) is 25.9. The first-order valence-electron chi connectivity index (χ1n) is 20.5. The fraction of sp³-hybridized carbons (Fsp3) is 0.478. The molecular formula is C46H58I2N4O4. The molecule has 0 saturated heterocycles. The minimum Gasteiger partial charge on any atom is -1.00 e. The van der Waals surface area contributed by atoms with Crippen molar-refractivity contribution in [2.45, 2.75) is 78.1 Å². The lowest BCUT2D eigenvalue weighted by atomic mass is 9.82. The predicted octanol–water partition coefficient (Wildman–Crippen LogP) is 3.03. The number of nitrogens with zero attached hydrogens (tertiary/aromatic N) is 4. The van der Waals surface area contributed by atoms with Crippen molar-refractivity contribution >= 4 is 66.7 Å². The summed E-state index contributed by atoms with van der Waals surface area (Å²) in [4.78, 5) is 59.0. The van der Waals surface area contributed by atoms with Gasteiger partial charge in [-0.2, -0.15) is 0 Å². The lowest BCUT2D eigenvalue weighted by molar-refractivity contribution is -0.890. The fourth-order valence-corrected chi connectivity index (χ4v) is 9.24. The first kappa shape index (κ1) is 44.2. The number of benzene rings is 5. The summed E-state index contributed by atoms with van der Waals surface area (Å²) in [6.45, 7) is 9.20. The SMILES string of the molecule is CCCCCC[N+](C)(C)CCCN1C(=O)c2ccc3c4ccc5c6c(ccc(c7ccc(c2c37)C1=O)c64)C(=O)N(CCC[N+](C)(C)CCCCCC)C5=O.[I-].[I-]. The number of imide groups is 2. The van der Waals surface area contributed by atoms with Gasteiger partial charge in [0.15, 0.2) is 0 Å². The van der Waals surface area contributed by atoms with Gasteiger partial charge in [0.05, 0.1) is 54.4 Å². The number of rotatable bonds is 18. The third-order valence-corrected chi connectivity index (χ3v) is 12.3. The van der Waals surface area contributed by atoms with E-state index in [1.807, 2.05) is 48.5 Å². The zero-order valence-electron chi connectivity index (χ0n) is 34.1. The average Bonchev–Trinajstić information content (AvgIpc) is 3.15. The van der Waals surface area contributed by atoms with E-state index in [1.165, 1.54) is 61.2 Å². The second-order valence-corrected chi connectivity index (χ2v) is 17.3. The van der Waals surface area contributed by atoms with Crippen LogP contribution in [0.4, 0.5) is 0 Å². The molecule has 0 radical (unpaired) electrons. The molecule has 0 unspecified atom stereocenters. The van der Waals surface area contributed by atoms with E-state index in [4.69, 9.17) is 0 Å². The molecule has 7 rings (SSSR count). The van der Waals surface area contributed by atoms with E-state index in [0.717, 1.165) is 80.3 Å². The molecule has 0 fully saturated rings. The standard InChI is InChI=1S/C46H58N4O4.2HI/c1-7-9-11-13-27-49(3,4)29-15-25-47-43(51)35-21-17-31-33-19-23-37-42-38(24-20-34(40(33)42)32-18-22-36(44(47)52)41(35)39(31)32)46(54)48(45(37)53)26-16-30-50(5,6)28-14-12-10-8-2;;/h17-24H,7-16,25-30H2,1-6H3;2*1H/q+2;;/p-2. The van der Waals surface area contributed by atoms with E-state index in [9.17, 15) is 19.2 Å². The van der Waals surface area contributed by atoms with Crippen LogP contribution < -0.4 is 48.0 Å². The third-order valence-electron chi connectivity index (χ3n) is 12.3. The maximum atomic E-state index is 14.0. The summed E-state index contributed by atoms with van der Waals surface area (Å²) in [5.41, 5.74) is 2.21. The van der Waals surface area contributed by atoms with Gasteiger partial charge < -0.3 is 56.9 Å². The van der Waals surface area contributed by atoms with Crippen LogP contribution in [0.5, 0.6) is 0 Å². The van der Waals surface area contributed by atoms with E-state index < -0.39 is 0 Å². The zero-order valence-corrected chi connectivity index (χ0v) is 38.4. The number of unbranched alkanes of at least 4 members (excludes halogenated alkanes) is 6. The molecule has 2 aliphatic rings. The monoisotopic (exact) mass is 984 g/mol. The number of halogens is 2. The van der Waals surface area contributed by atoms with Crippen LogP contribution in [0.2, 0.25) is 0 Å². The molecule has 300 valence electrons. The summed E-state index contributed by atoms with van der Waals surface area (Å²) in [5, 5.41) is 6.84. The highest BCUT2D eigenvalue weighted by Gasteiger charge is 2.37. The van der Waals surface area contributed by atoms with Gasteiger partial charge >= 0.3 is 0 Å². The number of carbonyl (C=O) groups excluding carboxylic acids is 4. The van der Waals surface area contributed by atoms with Crippen LogP contribution in [-0.2, 0) is 0 Å². The number of hydrogen-bond donors (Lipinski definition) is 0. The predicted molar refractivity (Wildman–Crippen MR) is 220 cm³/mol. The summed E-state index contributed by atoms with van der Waals surface area (Å²) in [6.07, 6.45) is 11.3. The molecule has 8 nitrogen and oxygen atoms in total. The Labute approximate surface area is 366 Å². The Morgan fingerprint density at radius 1 is 0.393 bits per heavy atom. The van der Waals surface area contributed by atoms with Crippen molar-refractivity contribution in [2.75, 3.05) is 67.5 Å². The Hall–Kier alpha value is -2.94. The maximum absolute atomic E-state index is 14.0. The smallest absolute Gasteiger partial charge is 0.261 e. The summed E-state index contributed by atoms with van der Waals surface area (Å²) in [7, 11) is 8.93. The minimum absolute atomic E-state index is 0.